The van der Waals surface area contributed by atoms with Crippen LogP contribution in [-0.4, -0.2) is 42.4 Å². The van der Waals surface area contributed by atoms with Crippen LogP contribution in [0.1, 0.15) is 66.5 Å². The van der Waals surface area contributed by atoms with Gasteiger partial charge in [-0.2, -0.15) is 0 Å². The van der Waals surface area contributed by atoms with Crippen LogP contribution < -0.4 is 10.9 Å². The summed E-state index contributed by atoms with van der Waals surface area (Å²) in [5.74, 6) is 0. The van der Waals surface area contributed by atoms with Crippen LogP contribution in [0.5, 0.6) is 0 Å². The summed E-state index contributed by atoms with van der Waals surface area (Å²) in [6, 6.07) is 27.6. The molecular weight excluding hydrogens is 520 g/mol. The molecule has 0 saturated carbocycles. The van der Waals surface area contributed by atoms with E-state index < -0.39 is 36.6 Å². The minimum absolute atomic E-state index is 0.419. The number of aliphatic imine (C=N–C) groups is 1. The van der Waals surface area contributed by atoms with E-state index in [0.717, 1.165) is 55.4 Å². The molecule has 0 radical (unpaired) electrons. The predicted octanol–water partition coefficient (Wildman–Crippen LogP) is 6.59. The molecule has 42 heavy (non-hydrogen) atoms. The van der Waals surface area contributed by atoms with Crippen LogP contribution in [0.15, 0.2) is 83.9 Å². The SMILES string of the molecule is CC1(C)OB(c2ccc3c(c2)C(=Nc2cccc4ccccc24)c2cc(B4OC(C)(C)C(C)(C)O4)ccc2-3)OC1(C)C. The number of hydrogen-bond donors (Lipinski definition) is 0. The zero-order valence-corrected chi connectivity index (χ0v) is 25.7. The molecule has 4 aromatic rings. The van der Waals surface area contributed by atoms with Gasteiger partial charge in [-0.1, -0.05) is 72.8 Å². The van der Waals surface area contributed by atoms with E-state index in [4.69, 9.17) is 23.6 Å². The Balaban J connectivity index is 1.38. The van der Waals surface area contributed by atoms with Gasteiger partial charge >= 0.3 is 14.2 Å². The number of nitrogens with zero attached hydrogens (tertiary/aromatic N) is 1. The van der Waals surface area contributed by atoms with Crippen molar-refractivity contribution in [1.29, 1.82) is 0 Å². The molecule has 0 spiro atoms. The van der Waals surface area contributed by atoms with Crippen molar-refractivity contribution >= 4 is 47.3 Å². The highest BCUT2D eigenvalue weighted by Gasteiger charge is 2.53. The molecule has 0 atom stereocenters. The van der Waals surface area contributed by atoms with Crippen molar-refractivity contribution in [1.82, 2.24) is 0 Å². The van der Waals surface area contributed by atoms with Gasteiger partial charge in [-0.15, -0.1) is 0 Å². The maximum atomic E-state index is 6.43. The maximum Gasteiger partial charge on any atom is 0.494 e. The molecule has 7 rings (SSSR count). The second-order valence-corrected chi connectivity index (χ2v) is 13.7. The zero-order valence-electron chi connectivity index (χ0n) is 25.7. The summed E-state index contributed by atoms with van der Waals surface area (Å²) >= 11 is 0. The average molecular weight is 557 g/mol. The van der Waals surface area contributed by atoms with Crippen molar-refractivity contribution in [3.8, 4) is 11.1 Å². The van der Waals surface area contributed by atoms with Crippen molar-refractivity contribution < 1.29 is 18.6 Å². The largest absolute Gasteiger partial charge is 0.494 e. The Morgan fingerprint density at radius 2 is 0.952 bits per heavy atom. The van der Waals surface area contributed by atoms with Gasteiger partial charge in [0, 0.05) is 16.5 Å². The van der Waals surface area contributed by atoms with Gasteiger partial charge in [-0.25, -0.2) is 4.99 Å². The summed E-state index contributed by atoms with van der Waals surface area (Å²) < 4.78 is 25.7. The van der Waals surface area contributed by atoms with Crippen molar-refractivity contribution in [2.45, 2.75) is 77.8 Å². The Bertz CT molecular complexity index is 1650. The van der Waals surface area contributed by atoms with Crippen LogP contribution in [0.4, 0.5) is 5.69 Å². The quantitative estimate of drug-likeness (QED) is 0.235. The Morgan fingerprint density at radius 3 is 1.45 bits per heavy atom. The van der Waals surface area contributed by atoms with Crippen molar-refractivity contribution in [2.75, 3.05) is 0 Å². The van der Waals surface area contributed by atoms with E-state index >= 15 is 0 Å². The topological polar surface area (TPSA) is 49.3 Å². The third kappa shape index (κ3) is 4.21. The molecule has 2 aliphatic heterocycles. The van der Waals surface area contributed by atoms with Crippen LogP contribution >= 0.6 is 0 Å². The smallest absolute Gasteiger partial charge is 0.399 e. The molecule has 4 aromatic carbocycles. The van der Waals surface area contributed by atoms with E-state index in [1.807, 2.05) is 0 Å². The first-order valence-electron chi connectivity index (χ1n) is 14.8. The first kappa shape index (κ1) is 27.6. The predicted molar refractivity (Wildman–Crippen MR) is 173 cm³/mol. The minimum atomic E-state index is -0.455. The molecule has 3 aliphatic rings. The summed E-state index contributed by atoms with van der Waals surface area (Å²) in [4.78, 5) is 5.37. The molecule has 2 fully saturated rings. The monoisotopic (exact) mass is 557 g/mol. The first-order valence-corrected chi connectivity index (χ1v) is 14.8. The lowest BCUT2D eigenvalue weighted by molar-refractivity contribution is 0.00578. The van der Waals surface area contributed by atoms with E-state index in [-0.39, 0.29) is 0 Å². The summed E-state index contributed by atoms with van der Waals surface area (Å²) in [7, 11) is -0.911. The molecule has 1 aliphatic carbocycles. The molecule has 0 unspecified atom stereocenters. The molecule has 0 N–H and O–H groups in total. The summed E-state index contributed by atoms with van der Waals surface area (Å²) in [5, 5.41) is 2.28. The van der Waals surface area contributed by atoms with Crippen LogP contribution in [-0.2, 0) is 18.6 Å². The van der Waals surface area contributed by atoms with E-state index in [1.165, 1.54) is 0 Å². The summed E-state index contributed by atoms with van der Waals surface area (Å²) in [6.07, 6.45) is 0. The standard InChI is InChI=1S/C35H37B2NO4/c1-32(2)33(3,4)40-36(39-32)23-16-18-26-27-19-17-24(37-41-34(5,6)35(7,8)42-37)21-29(27)31(28(26)20-23)38-30-15-11-13-22-12-9-10-14-25(22)30/h9-21H,1-8H3. The number of fused-ring (bicyclic) bond motifs is 4. The average Bonchev–Trinajstić information content (AvgIpc) is 3.45. The molecular formula is C35H37B2NO4. The highest BCUT2D eigenvalue weighted by molar-refractivity contribution is 6.63. The molecule has 0 bridgehead atoms. The van der Waals surface area contributed by atoms with Crippen LogP contribution in [0.2, 0.25) is 0 Å². The Labute approximate surface area is 249 Å². The number of hydrogen-bond acceptors (Lipinski definition) is 5. The van der Waals surface area contributed by atoms with Gasteiger partial charge in [0.25, 0.3) is 0 Å². The molecule has 2 heterocycles. The second kappa shape index (κ2) is 9.14. The zero-order chi connectivity index (χ0) is 29.7. The highest BCUT2D eigenvalue weighted by Crippen LogP contribution is 2.41. The molecule has 7 heteroatoms. The van der Waals surface area contributed by atoms with Gasteiger partial charge in [-0.05, 0) is 88.9 Å². The van der Waals surface area contributed by atoms with Crippen molar-refractivity contribution in [2.24, 2.45) is 4.99 Å². The summed E-state index contributed by atoms with van der Waals surface area (Å²) in [5.41, 5.74) is 6.57. The molecule has 2 saturated heterocycles. The highest BCUT2D eigenvalue weighted by atomic mass is 16.7. The fourth-order valence-corrected chi connectivity index (χ4v) is 5.93. The molecule has 212 valence electrons. The molecule has 5 nitrogen and oxygen atoms in total. The normalized spacial score (nSPS) is 21.1. The first-order chi connectivity index (χ1) is 19.8. The lowest BCUT2D eigenvalue weighted by Crippen LogP contribution is -2.41. The molecule has 0 aromatic heterocycles. The van der Waals surface area contributed by atoms with E-state index in [9.17, 15) is 0 Å². The summed E-state index contributed by atoms with van der Waals surface area (Å²) in [6.45, 7) is 16.7. The van der Waals surface area contributed by atoms with Crippen molar-refractivity contribution in [3.05, 3.63) is 90.0 Å². The van der Waals surface area contributed by atoms with Crippen molar-refractivity contribution in [3.63, 3.8) is 0 Å². The molecule has 0 amide bonds. The van der Waals surface area contributed by atoms with Gasteiger partial charge in [0.15, 0.2) is 0 Å². The van der Waals surface area contributed by atoms with E-state index in [2.05, 4.69) is 134 Å². The number of benzene rings is 4. The van der Waals surface area contributed by atoms with Crippen LogP contribution in [0, 0.1) is 0 Å². The van der Waals surface area contributed by atoms with E-state index in [0.29, 0.717) is 0 Å². The van der Waals surface area contributed by atoms with Crippen LogP contribution in [0.3, 0.4) is 0 Å². The maximum absolute atomic E-state index is 6.43. The third-order valence-electron chi connectivity index (χ3n) is 9.94. The van der Waals surface area contributed by atoms with Gasteiger partial charge in [0.2, 0.25) is 0 Å². The lowest BCUT2D eigenvalue weighted by atomic mass is 9.77. The fraction of sp³-hybridized carbons (Fsp3) is 0.343. The Hall–Kier alpha value is -3.22. The Morgan fingerprint density at radius 1 is 0.500 bits per heavy atom. The van der Waals surface area contributed by atoms with Crippen LogP contribution in [0.25, 0.3) is 21.9 Å². The number of rotatable bonds is 3. The second-order valence-electron chi connectivity index (χ2n) is 13.7. The fourth-order valence-electron chi connectivity index (χ4n) is 5.93. The van der Waals surface area contributed by atoms with E-state index in [1.54, 1.807) is 0 Å². The lowest BCUT2D eigenvalue weighted by Gasteiger charge is -2.32. The van der Waals surface area contributed by atoms with Gasteiger partial charge in [0.1, 0.15) is 0 Å². The minimum Gasteiger partial charge on any atom is -0.399 e. The van der Waals surface area contributed by atoms with Gasteiger partial charge in [-0.3, -0.25) is 0 Å². The van der Waals surface area contributed by atoms with Gasteiger partial charge in [0.05, 0.1) is 33.8 Å². The Kier molecular flexibility index (Phi) is 6.01. The van der Waals surface area contributed by atoms with Gasteiger partial charge < -0.3 is 18.6 Å². The third-order valence-corrected chi connectivity index (χ3v) is 9.94.